The van der Waals surface area contributed by atoms with Gasteiger partial charge in [0.15, 0.2) is 0 Å². The summed E-state index contributed by atoms with van der Waals surface area (Å²) in [5, 5.41) is 8.54. The first-order valence-electron chi connectivity index (χ1n) is 7.95. The van der Waals surface area contributed by atoms with Gasteiger partial charge in [0.05, 0.1) is 5.69 Å². The summed E-state index contributed by atoms with van der Waals surface area (Å²) < 4.78 is 2.02. The lowest BCUT2D eigenvalue weighted by atomic mass is 10.1. The van der Waals surface area contributed by atoms with E-state index in [0.717, 1.165) is 29.9 Å². The molecule has 0 saturated heterocycles. The molecular formula is C17H26N4. The lowest BCUT2D eigenvalue weighted by molar-refractivity contribution is 0.524. The first kappa shape index (κ1) is 15.7. The minimum Gasteiger partial charge on any atom is -0.325 e. The van der Waals surface area contributed by atoms with Gasteiger partial charge in [-0.3, -0.25) is 0 Å². The SMILES string of the molecule is CCCCCCCn1nnc(CN)c1-c1cccc(C)c1. The van der Waals surface area contributed by atoms with Crippen molar-refractivity contribution in [3.63, 3.8) is 0 Å². The van der Waals surface area contributed by atoms with Crippen molar-refractivity contribution in [1.29, 1.82) is 0 Å². The minimum absolute atomic E-state index is 0.430. The summed E-state index contributed by atoms with van der Waals surface area (Å²) in [5.74, 6) is 0. The fourth-order valence-corrected chi connectivity index (χ4v) is 2.62. The van der Waals surface area contributed by atoms with Crippen LogP contribution in [-0.4, -0.2) is 15.0 Å². The highest BCUT2D eigenvalue weighted by Gasteiger charge is 2.13. The fourth-order valence-electron chi connectivity index (χ4n) is 2.62. The molecule has 0 aliphatic rings. The third kappa shape index (κ3) is 4.14. The van der Waals surface area contributed by atoms with Gasteiger partial charge in [-0.05, 0) is 19.4 Å². The largest absolute Gasteiger partial charge is 0.325 e. The van der Waals surface area contributed by atoms with Crippen molar-refractivity contribution in [2.75, 3.05) is 0 Å². The quantitative estimate of drug-likeness (QED) is 0.753. The van der Waals surface area contributed by atoms with E-state index in [2.05, 4.69) is 48.4 Å². The highest BCUT2D eigenvalue weighted by atomic mass is 15.4. The van der Waals surface area contributed by atoms with Crippen molar-refractivity contribution >= 4 is 0 Å². The standard InChI is InChI=1S/C17H26N4/c1-3-4-5-6-7-11-21-17(16(13-18)19-20-21)15-10-8-9-14(2)12-15/h8-10,12H,3-7,11,13,18H2,1-2H3. The van der Waals surface area contributed by atoms with Crippen LogP contribution in [0.4, 0.5) is 0 Å². The molecule has 0 spiro atoms. The molecule has 2 N–H and O–H groups in total. The van der Waals surface area contributed by atoms with Crippen LogP contribution in [0.1, 0.15) is 50.3 Å². The zero-order valence-electron chi connectivity index (χ0n) is 13.2. The maximum Gasteiger partial charge on any atom is 0.104 e. The van der Waals surface area contributed by atoms with E-state index < -0.39 is 0 Å². The first-order valence-corrected chi connectivity index (χ1v) is 7.95. The summed E-state index contributed by atoms with van der Waals surface area (Å²) >= 11 is 0. The van der Waals surface area contributed by atoms with Crippen LogP contribution in [0.25, 0.3) is 11.3 Å². The summed E-state index contributed by atoms with van der Waals surface area (Å²) in [6.45, 7) is 5.68. The second-order valence-electron chi connectivity index (χ2n) is 5.60. The van der Waals surface area contributed by atoms with Crippen molar-refractivity contribution in [3.05, 3.63) is 35.5 Å². The number of nitrogens with two attached hydrogens (primary N) is 1. The molecule has 1 aromatic carbocycles. The normalized spacial score (nSPS) is 11.0. The number of hydrogen-bond acceptors (Lipinski definition) is 3. The van der Waals surface area contributed by atoms with E-state index in [-0.39, 0.29) is 0 Å². The lowest BCUT2D eigenvalue weighted by Crippen LogP contribution is -2.05. The first-order chi connectivity index (χ1) is 10.3. The van der Waals surface area contributed by atoms with Crippen LogP contribution in [0.3, 0.4) is 0 Å². The number of aromatic nitrogens is 3. The van der Waals surface area contributed by atoms with Gasteiger partial charge in [-0.2, -0.15) is 0 Å². The zero-order valence-corrected chi connectivity index (χ0v) is 13.2. The van der Waals surface area contributed by atoms with Gasteiger partial charge in [0.25, 0.3) is 0 Å². The van der Waals surface area contributed by atoms with Crippen LogP contribution in [0.5, 0.6) is 0 Å². The van der Waals surface area contributed by atoms with Crippen molar-refractivity contribution in [3.8, 4) is 11.3 Å². The molecule has 4 heteroatoms. The molecule has 0 fully saturated rings. The van der Waals surface area contributed by atoms with Crippen LogP contribution >= 0.6 is 0 Å². The van der Waals surface area contributed by atoms with Crippen LogP contribution in [-0.2, 0) is 13.1 Å². The highest BCUT2D eigenvalue weighted by molar-refractivity contribution is 5.62. The fraction of sp³-hybridized carbons (Fsp3) is 0.529. The molecule has 0 unspecified atom stereocenters. The Kier molecular flexibility index (Phi) is 5.93. The zero-order chi connectivity index (χ0) is 15.1. The number of rotatable bonds is 8. The van der Waals surface area contributed by atoms with E-state index in [4.69, 9.17) is 5.73 Å². The molecule has 0 atom stereocenters. The molecular weight excluding hydrogens is 260 g/mol. The monoisotopic (exact) mass is 286 g/mol. The van der Waals surface area contributed by atoms with Crippen molar-refractivity contribution in [2.45, 2.75) is 59.0 Å². The topological polar surface area (TPSA) is 56.7 Å². The molecule has 0 amide bonds. The van der Waals surface area contributed by atoms with E-state index in [1.165, 1.54) is 31.2 Å². The Morgan fingerprint density at radius 2 is 1.95 bits per heavy atom. The molecule has 1 heterocycles. The van der Waals surface area contributed by atoms with Crippen LogP contribution in [0.15, 0.2) is 24.3 Å². The second-order valence-corrected chi connectivity index (χ2v) is 5.60. The number of benzene rings is 1. The predicted octanol–water partition coefficient (Wildman–Crippen LogP) is 3.68. The second kappa shape index (κ2) is 7.93. The number of nitrogens with zero attached hydrogens (tertiary/aromatic N) is 3. The third-order valence-corrected chi connectivity index (χ3v) is 3.76. The Bertz CT molecular complexity index is 560. The highest BCUT2D eigenvalue weighted by Crippen LogP contribution is 2.23. The molecule has 0 aliphatic carbocycles. The summed E-state index contributed by atoms with van der Waals surface area (Å²) in [6.07, 6.45) is 6.28. The summed E-state index contributed by atoms with van der Waals surface area (Å²) in [6, 6.07) is 8.46. The number of aryl methyl sites for hydroxylation is 2. The van der Waals surface area contributed by atoms with Gasteiger partial charge in [-0.15, -0.1) is 5.10 Å². The molecule has 0 aliphatic heterocycles. The van der Waals surface area contributed by atoms with Crippen LogP contribution in [0, 0.1) is 6.92 Å². The Balaban J connectivity index is 2.13. The number of hydrogen-bond donors (Lipinski definition) is 1. The molecule has 0 saturated carbocycles. The van der Waals surface area contributed by atoms with Crippen molar-refractivity contribution < 1.29 is 0 Å². The molecule has 1 aromatic heterocycles. The molecule has 4 nitrogen and oxygen atoms in total. The third-order valence-electron chi connectivity index (χ3n) is 3.76. The molecule has 2 aromatic rings. The Morgan fingerprint density at radius 1 is 1.14 bits per heavy atom. The average molecular weight is 286 g/mol. The Hall–Kier alpha value is -1.68. The van der Waals surface area contributed by atoms with Gasteiger partial charge < -0.3 is 5.73 Å². The number of unbranched alkanes of at least 4 members (excludes halogenated alkanes) is 4. The maximum absolute atomic E-state index is 5.82. The molecule has 114 valence electrons. The van der Waals surface area contributed by atoms with Crippen LogP contribution < -0.4 is 5.73 Å². The van der Waals surface area contributed by atoms with Gasteiger partial charge in [0.2, 0.25) is 0 Å². The van der Waals surface area contributed by atoms with E-state index in [9.17, 15) is 0 Å². The van der Waals surface area contributed by atoms with Gasteiger partial charge >= 0.3 is 0 Å². The van der Waals surface area contributed by atoms with Crippen LogP contribution in [0.2, 0.25) is 0 Å². The summed E-state index contributed by atoms with van der Waals surface area (Å²) in [4.78, 5) is 0. The molecule has 0 radical (unpaired) electrons. The Labute approximate surface area is 127 Å². The Morgan fingerprint density at radius 3 is 2.67 bits per heavy atom. The minimum atomic E-state index is 0.430. The summed E-state index contributed by atoms with van der Waals surface area (Å²) in [7, 11) is 0. The molecule has 21 heavy (non-hydrogen) atoms. The molecule has 2 rings (SSSR count). The lowest BCUT2D eigenvalue weighted by Gasteiger charge is -2.08. The van der Waals surface area contributed by atoms with Gasteiger partial charge in [0.1, 0.15) is 5.69 Å². The summed E-state index contributed by atoms with van der Waals surface area (Å²) in [5.41, 5.74) is 10.2. The maximum atomic E-state index is 5.82. The van der Waals surface area contributed by atoms with Crippen molar-refractivity contribution in [2.24, 2.45) is 5.73 Å². The average Bonchev–Trinajstić information content (AvgIpc) is 2.90. The van der Waals surface area contributed by atoms with E-state index in [0.29, 0.717) is 6.54 Å². The van der Waals surface area contributed by atoms with E-state index >= 15 is 0 Å². The molecule has 0 bridgehead atoms. The van der Waals surface area contributed by atoms with Gasteiger partial charge in [0, 0.05) is 18.7 Å². The van der Waals surface area contributed by atoms with Gasteiger partial charge in [-0.1, -0.05) is 61.6 Å². The predicted molar refractivity (Wildman–Crippen MR) is 86.8 cm³/mol. The smallest absolute Gasteiger partial charge is 0.104 e. The van der Waals surface area contributed by atoms with E-state index in [1.54, 1.807) is 0 Å². The van der Waals surface area contributed by atoms with Crippen molar-refractivity contribution in [1.82, 2.24) is 15.0 Å². The van der Waals surface area contributed by atoms with Gasteiger partial charge in [-0.25, -0.2) is 4.68 Å². The van der Waals surface area contributed by atoms with E-state index in [1.807, 2.05) is 4.68 Å².